The van der Waals surface area contributed by atoms with Crippen LogP contribution in [0.2, 0.25) is 0 Å². The second kappa shape index (κ2) is 2.67. The molecule has 0 fully saturated rings. The second-order valence-corrected chi connectivity index (χ2v) is 2.15. The molecule has 0 aromatic carbocycles. The lowest BCUT2D eigenvalue weighted by Crippen LogP contribution is -1.77. The van der Waals surface area contributed by atoms with E-state index in [9.17, 15) is 0 Å². The van der Waals surface area contributed by atoms with Crippen LogP contribution < -0.4 is 0 Å². The largest absolute Gasteiger partial charge is 0.0801 e. The van der Waals surface area contributed by atoms with Gasteiger partial charge in [-0.25, -0.2) is 0 Å². The van der Waals surface area contributed by atoms with Gasteiger partial charge in [0.2, 0.25) is 0 Å². The third-order valence-electron chi connectivity index (χ3n) is 1.64. The fraction of sp³-hybridized carbons (Fsp3) is 0.333. The molecule has 0 aliphatic heterocycles. The summed E-state index contributed by atoms with van der Waals surface area (Å²) in [4.78, 5) is 0. The van der Waals surface area contributed by atoms with Gasteiger partial charge >= 0.3 is 0 Å². The summed E-state index contributed by atoms with van der Waals surface area (Å²) in [7, 11) is 0. The van der Waals surface area contributed by atoms with Crippen molar-refractivity contribution in [2.75, 3.05) is 0 Å². The molecule has 0 atom stereocenters. The summed E-state index contributed by atoms with van der Waals surface area (Å²) in [6, 6.07) is 0. The molecule has 0 bridgehead atoms. The standard InChI is InChI=1S/C9H12/c1-3-8-6-5-7-9(8)4-2/h3,5-7H,4H2,1-2H3. The van der Waals surface area contributed by atoms with Gasteiger partial charge in [-0.15, -0.1) is 0 Å². The highest BCUT2D eigenvalue weighted by molar-refractivity contribution is 5.47. The average Bonchev–Trinajstić information content (AvgIpc) is 2.33. The molecule has 0 saturated carbocycles. The quantitative estimate of drug-likeness (QED) is 0.499. The minimum Gasteiger partial charge on any atom is -0.0801 e. The van der Waals surface area contributed by atoms with Crippen molar-refractivity contribution in [3.8, 4) is 0 Å². The summed E-state index contributed by atoms with van der Waals surface area (Å²) in [6.45, 7) is 4.26. The molecule has 1 rings (SSSR count). The van der Waals surface area contributed by atoms with Crippen molar-refractivity contribution in [1.82, 2.24) is 0 Å². The first-order valence-corrected chi connectivity index (χ1v) is 3.42. The highest BCUT2D eigenvalue weighted by Crippen LogP contribution is 2.20. The Hall–Kier alpha value is -0.780. The molecule has 0 amide bonds. The van der Waals surface area contributed by atoms with E-state index in [1.165, 1.54) is 11.1 Å². The fourth-order valence-corrected chi connectivity index (χ4v) is 1.07. The Kier molecular flexibility index (Phi) is 1.88. The van der Waals surface area contributed by atoms with Crippen LogP contribution in [0.3, 0.4) is 0 Å². The Bertz CT molecular complexity index is 180. The zero-order valence-corrected chi connectivity index (χ0v) is 6.02. The Morgan fingerprint density at radius 3 is 2.78 bits per heavy atom. The van der Waals surface area contributed by atoms with E-state index < -0.39 is 0 Å². The van der Waals surface area contributed by atoms with Gasteiger partial charge in [0.25, 0.3) is 0 Å². The van der Waals surface area contributed by atoms with Crippen LogP contribution >= 0.6 is 0 Å². The topological polar surface area (TPSA) is 0 Å². The first kappa shape index (κ1) is 6.34. The molecule has 0 saturated heterocycles. The lowest BCUT2D eigenvalue weighted by molar-refractivity contribution is 1.13. The predicted molar refractivity (Wildman–Crippen MR) is 41.3 cm³/mol. The van der Waals surface area contributed by atoms with Crippen LogP contribution in [0, 0.1) is 0 Å². The van der Waals surface area contributed by atoms with Crippen LogP contribution in [-0.4, -0.2) is 0 Å². The van der Waals surface area contributed by atoms with E-state index in [2.05, 4.69) is 38.2 Å². The molecule has 0 heteroatoms. The summed E-state index contributed by atoms with van der Waals surface area (Å²) in [5.74, 6) is 0. The Balaban J connectivity index is 2.78. The molecular weight excluding hydrogens is 108 g/mol. The van der Waals surface area contributed by atoms with Crippen LogP contribution in [0.1, 0.15) is 20.3 Å². The van der Waals surface area contributed by atoms with Gasteiger partial charge in [-0.1, -0.05) is 31.2 Å². The molecule has 48 valence electrons. The van der Waals surface area contributed by atoms with Gasteiger partial charge < -0.3 is 0 Å². The summed E-state index contributed by atoms with van der Waals surface area (Å²) in [5, 5.41) is 0. The predicted octanol–water partition coefficient (Wildman–Crippen LogP) is 2.84. The maximum atomic E-state index is 2.18. The third kappa shape index (κ3) is 1.13. The Morgan fingerprint density at radius 1 is 1.56 bits per heavy atom. The van der Waals surface area contributed by atoms with Crippen molar-refractivity contribution in [3.63, 3.8) is 0 Å². The SMILES string of the molecule is CC=C1C=CC=C1CC. The van der Waals surface area contributed by atoms with Crippen molar-refractivity contribution in [3.05, 3.63) is 35.5 Å². The molecule has 0 aromatic rings. The normalized spacial score (nSPS) is 21.1. The molecule has 1 aliphatic rings. The molecular formula is C9H12. The smallest absolute Gasteiger partial charge is 0.0267 e. The third-order valence-corrected chi connectivity index (χ3v) is 1.64. The summed E-state index contributed by atoms with van der Waals surface area (Å²) in [6.07, 6.45) is 9.73. The van der Waals surface area contributed by atoms with Crippen molar-refractivity contribution in [1.29, 1.82) is 0 Å². The van der Waals surface area contributed by atoms with E-state index in [4.69, 9.17) is 0 Å². The fourth-order valence-electron chi connectivity index (χ4n) is 1.07. The summed E-state index contributed by atoms with van der Waals surface area (Å²) < 4.78 is 0. The zero-order valence-electron chi connectivity index (χ0n) is 6.02. The van der Waals surface area contributed by atoms with Gasteiger partial charge in [-0.2, -0.15) is 0 Å². The van der Waals surface area contributed by atoms with Crippen molar-refractivity contribution in [2.45, 2.75) is 20.3 Å². The van der Waals surface area contributed by atoms with Crippen LogP contribution in [-0.2, 0) is 0 Å². The molecule has 0 aromatic heterocycles. The zero-order chi connectivity index (χ0) is 6.69. The van der Waals surface area contributed by atoms with Crippen molar-refractivity contribution < 1.29 is 0 Å². The average molecular weight is 120 g/mol. The second-order valence-electron chi connectivity index (χ2n) is 2.15. The van der Waals surface area contributed by atoms with E-state index in [-0.39, 0.29) is 0 Å². The van der Waals surface area contributed by atoms with Gasteiger partial charge in [0, 0.05) is 0 Å². The van der Waals surface area contributed by atoms with Crippen LogP contribution in [0.4, 0.5) is 0 Å². The minimum atomic E-state index is 1.15. The molecule has 0 unspecified atom stereocenters. The first-order valence-electron chi connectivity index (χ1n) is 3.42. The van der Waals surface area contributed by atoms with E-state index in [1.54, 1.807) is 0 Å². The molecule has 1 aliphatic carbocycles. The number of rotatable bonds is 1. The number of hydrogen-bond acceptors (Lipinski definition) is 0. The molecule has 0 N–H and O–H groups in total. The van der Waals surface area contributed by atoms with Crippen LogP contribution in [0.5, 0.6) is 0 Å². The van der Waals surface area contributed by atoms with Gasteiger partial charge in [-0.05, 0) is 24.5 Å². The molecule has 0 radical (unpaired) electrons. The maximum Gasteiger partial charge on any atom is -0.0267 e. The van der Waals surface area contributed by atoms with Crippen LogP contribution in [0.15, 0.2) is 35.5 Å². The molecule has 0 spiro atoms. The van der Waals surface area contributed by atoms with Crippen molar-refractivity contribution >= 4 is 0 Å². The first-order chi connectivity index (χ1) is 4.38. The van der Waals surface area contributed by atoms with E-state index in [1.807, 2.05) is 0 Å². The van der Waals surface area contributed by atoms with E-state index >= 15 is 0 Å². The number of hydrogen-bond donors (Lipinski definition) is 0. The molecule has 0 nitrogen and oxygen atoms in total. The van der Waals surface area contributed by atoms with E-state index in [0.29, 0.717) is 0 Å². The van der Waals surface area contributed by atoms with Gasteiger partial charge in [-0.3, -0.25) is 0 Å². The minimum absolute atomic E-state index is 1.15. The van der Waals surface area contributed by atoms with Gasteiger partial charge in [0.1, 0.15) is 0 Å². The summed E-state index contributed by atoms with van der Waals surface area (Å²) >= 11 is 0. The Morgan fingerprint density at radius 2 is 2.33 bits per heavy atom. The monoisotopic (exact) mass is 120 g/mol. The molecule has 0 heterocycles. The molecule has 9 heavy (non-hydrogen) atoms. The number of allylic oxidation sites excluding steroid dienone is 6. The highest BCUT2D eigenvalue weighted by atomic mass is 14.1. The lowest BCUT2D eigenvalue weighted by atomic mass is 10.1. The van der Waals surface area contributed by atoms with Crippen LogP contribution in [0.25, 0.3) is 0 Å². The highest BCUT2D eigenvalue weighted by Gasteiger charge is 2.00. The lowest BCUT2D eigenvalue weighted by Gasteiger charge is -1.96. The van der Waals surface area contributed by atoms with Crippen molar-refractivity contribution in [2.24, 2.45) is 0 Å². The maximum absolute atomic E-state index is 2.18. The van der Waals surface area contributed by atoms with Gasteiger partial charge in [0.15, 0.2) is 0 Å². The Labute approximate surface area is 56.6 Å². The van der Waals surface area contributed by atoms with Gasteiger partial charge in [0.05, 0.1) is 0 Å². The van der Waals surface area contributed by atoms with E-state index in [0.717, 1.165) is 6.42 Å². The summed E-state index contributed by atoms with van der Waals surface area (Å²) in [5.41, 5.74) is 2.84.